The molecule has 0 amide bonds. The van der Waals surface area contributed by atoms with Crippen molar-refractivity contribution < 1.29 is 14.2 Å². The summed E-state index contributed by atoms with van der Waals surface area (Å²) in [6.07, 6.45) is 0.524. The first-order valence-corrected chi connectivity index (χ1v) is 9.44. The molecule has 0 bridgehead atoms. The molecule has 26 heavy (non-hydrogen) atoms. The van der Waals surface area contributed by atoms with Gasteiger partial charge in [-0.15, -0.1) is 0 Å². The van der Waals surface area contributed by atoms with Crippen LogP contribution < -0.4 is 0 Å². The highest BCUT2D eigenvalue weighted by atomic mass is 35.5. The lowest BCUT2D eigenvalue weighted by Crippen LogP contribution is -2.44. The van der Waals surface area contributed by atoms with Gasteiger partial charge in [-0.25, -0.2) is 4.39 Å². The molecule has 0 spiro atoms. The van der Waals surface area contributed by atoms with E-state index in [0.29, 0.717) is 31.2 Å². The Labute approximate surface area is 159 Å². The molecule has 2 aromatic rings. The Morgan fingerprint density at radius 2 is 1.73 bits per heavy atom. The zero-order valence-electron chi connectivity index (χ0n) is 15.0. The number of hydrogen-bond acceptors (Lipinski definition) is 3. The highest BCUT2D eigenvalue weighted by Crippen LogP contribution is 2.40. The fourth-order valence-corrected chi connectivity index (χ4v) is 3.79. The largest absolute Gasteiger partial charge is 0.384 e. The van der Waals surface area contributed by atoms with E-state index < -0.39 is 5.60 Å². The topological polar surface area (TPSA) is 32.7 Å². The monoisotopic (exact) mass is 377 g/mol. The highest BCUT2D eigenvalue weighted by Gasteiger charge is 2.39. The fourth-order valence-electron chi connectivity index (χ4n) is 3.66. The molecule has 3 rings (SSSR count). The van der Waals surface area contributed by atoms with Gasteiger partial charge in [0.15, 0.2) is 0 Å². The third kappa shape index (κ3) is 4.26. The van der Waals surface area contributed by atoms with Crippen molar-refractivity contribution in [1.82, 2.24) is 4.90 Å². The second-order valence-corrected chi connectivity index (χ2v) is 7.24. The number of ether oxygens (including phenoxy) is 1. The van der Waals surface area contributed by atoms with E-state index in [1.807, 2.05) is 31.2 Å². The van der Waals surface area contributed by atoms with Crippen molar-refractivity contribution in [1.29, 1.82) is 0 Å². The van der Waals surface area contributed by atoms with E-state index in [4.69, 9.17) is 16.3 Å². The predicted octanol–water partition coefficient (Wildman–Crippen LogP) is 4.19. The average Bonchev–Trinajstić information content (AvgIpc) is 2.68. The van der Waals surface area contributed by atoms with Crippen LogP contribution in [0.3, 0.4) is 0 Å². The van der Waals surface area contributed by atoms with Crippen molar-refractivity contribution in [3.63, 3.8) is 0 Å². The zero-order chi connectivity index (χ0) is 18.6. The van der Waals surface area contributed by atoms with Crippen molar-refractivity contribution >= 4 is 11.6 Å². The van der Waals surface area contributed by atoms with Gasteiger partial charge in [0.05, 0.1) is 18.8 Å². The Kier molecular flexibility index (Phi) is 6.30. The maximum atomic E-state index is 13.4. The van der Waals surface area contributed by atoms with Crippen molar-refractivity contribution in [3.05, 3.63) is 70.5 Å². The predicted molar refractivity (Wildman–Crippen MR) is 102 cm³/mol. The van der Waals surface area contributed by atoms with Crippen molar-refractivity contribution in [2.75, 3.05) is 32.8 Å². The van der Waals surface area contributed by atoms with E-state index in [2.05, 4.69) is 4.90 Å². The minimum atomic E-state index is -1.10. The molecule has 1 saturated heterocycles. The van der Waals surface area contributed by atoms with Gasteiger partial charge >= 0.3 is 0 Å². The van der Waals surface area contributed by atoms with Gasteiger partial charge < -0.3 is 9.84 Å². The summed E-state index contributed by atoms with van der Waals surface area (Å²) in [5, 5.41) is 12.3. The maximum absolute atomic E-state index is 13.4. The van der Waals surface area contributed by atoms with Gasteiger partial charge in [-0.1, -0.05) is 42.8 Å². The van der Waals surface area contributed by atoms with Crippen molar-refractivity contribution in [2.24, 2.45) is 0 Å². The molecule has 0 radical (unpaired) electrons. The summed E-state index contributed by atoms with van der Waals surface area (Å²) in [4.78, 5) is 2.31. The molecular weight excluding hydrogens is 353 g/mol. The minimum absolute atomic E-state index is 0.159. The van der Waals surface area contributed by atoms with Gasteiger partial charge in [-0.3, -0.25) is 4.90 Å². The molecule has 1 heterocycles. The lowest BCUT2D eigenvalue weighted by molar-refractivity contribution is -0.0250. The van der Waals surface area contributed by atoms with E-state index >= 15 is 0 Å². The molecule has 1 aliphatic heterocycles. The van der Waals surface area contributed by atoms with Crippen LogP contribution in [0.5, 0.6) is 0 Å². The minimum Gasteiger partial charge on any atom is -0.384 e. The summed E-state index contributed by atoms with van der Waals surface area (Å²) in [6.45, 7) is 5.75. The lowest BCUT2D eigenvalue weighted by atomic mass is 9.75. The summed E-state index contributed by atoms with van der Waals surface area (Å²) in [5.41, 5.74) is 0.656. The Morgan fingerprint density at radius 3 is 2.31 bits per heavy atom. The number of aliphatic hydroxyl groups is 1. The molecule has 140 valence electrons. The number of halogens is 2. The van der Waals surface area contributed by atoms with Crippen LogP contribution in [0.1, 0.15) is 30.4 Å². The van der Waals surface area contributed by atoms with Crippen LogP contribution in [-0.4, -0.2) is 42.9 Å². The summed E-state index contributed by atoms with van der Waals surface area (Å²) in [5.74, 6) is -0.461. The van der Waals surface area contributed by atoms with Crippen LogP contribution in [0.15, 0.2) is 48.5 Å². The smallest absolute Gasteiger partial charge is 0.123 e. The summed E-state index contributed by atoms with van der Waals surface area (Å²) in [7, 11) is 0. The van der Waals surface area contributed by atoms with Crippen LogP contribution in [0.2, 0.25) is 5.02 Å². The number of rotatable bonds is 6. The molecule has 0 unspecified atom stereocenters. The lowest BCUT2D eigenvalue weighted by Gasteiger charge is -2.40. The normalized spacial score (nSPS) is 19.1. The Balaban J connectivity index is 1.98. The van der Waals surface area contributed by atoms with Crippen molar-refractivity contribution in [2.45, 2.75) is 24.9 Å². The van der Waals surface area contributed by atoms with E-state index in [-0.39, 0.29) is 11.7 Å². The van der Waals surface area contributed by atoms with Crippen LogP contribution in [0, 0.1) is 5.82 Å². The fraction of sp³-hybridized carbons (Fsp3) is 0.429. The van der Waals surface area contributed by atoms with E-state index in [0.717, 1.165) is 24.2 Å². The van der Waals surface area contributed by atoms with Crippen LogP contribution in [0.4, 0.5) is 4.39 Å². The molecule has 2 atom stereocenters. The molecule has 0 aliphatic carbocycles. The Bertz CT molecular complexity index is 701. The quantitative estimate of drug-likeness (QED) is 0.819. The first-order chi connectivity index (χ1) is 12.5. The SMILES string of the molecule is CC[C@@](O)(c1ccc(F)cc1)[C@@H](CN1CCOCC1)c1ccc(Cl)cc1. The van der Waals surface area contributed by atoms with Gasteiger partial charge in [0.2, 0.25) is 0 Å². The first kappa shape index (κ1) is 19.3. The van der Waals surface area contributed by atoms with E-state index in [9.17, 15) is 9.50 Å². The molecule has 3 nitrogen and oxygen atoms in total. The van der Waals surface area contributed by atoms with Crippen molar-refractivity contribution in [3.8, 4) is 0 Å². The van der Waals surface area contributed by atoms with E-state index in [1.165, 1.54) is 12.1 Å². The maximum Gasteiger partial charge on any atom is 0.123 e. The number of morpholine rings is 1. The van der Waals surface area contributed by atoms with Gasteiger partial charge in [0.1, 0.15) is 5.82 Å². The van der Waals surface area contributed by atoms with Crippen LogP contribution in [0.25, 0.3) is 0 Å². The van der Waals surface area contributed by atoms with Gasteiger partial charge in [-0.2, -0.15) is 0 Å². The van der Waals surface area contributed by atoms with E-state index in [1.54, 1.807) is 12.1 Å². The van der Waals surface area contributed by atoms with Gasteiger partial charge in [-0.05, 0) is 41.8 Å². The number of benzene rings is 2. The average molecular weight is 378 g/mol. The third-order valence-electron chi connectivity index (χ3n) is 5.28. The molecule has 0 aromatic heterocycles. The Hall–Kier alpha value is -1.46. The number of nitrogens with zero attached hydrogens (tertiary/aromatic N) is 1. The second kappa shape index (κ2) is 8.49. The summed E-state index contributed by atoms with van der Waals surface area (Å²) in [6, 6.07) is 13.8. The molecule has 1 aliphatic rings. The second-order valence-electron chi connectivity index (χ2n) is 6.80. The van der Waals surface area contributed by atoms with Crippen LogP contribution >= 0.6 is 11.6 Å². The van der Waals surface area contributed by atoms with Gasteiger partial charge in [0, 0.05) is 30.6 Å². The molecule has 1 N–H and O–H groups in total. The molecule has 1 fully saturated rings. The molecule has 2 aromatic carbocycles. The van der Waals surface area contributed by atoms with Gasteiger partial charge in [0.25, 0.3) is 0 Å². The highest BCUT2D eigenvalue weighted by molar-refractivity contribution is 6.30. The standard InChI is InChI=1S/C21H25ClFNO2/c1-2-21(25,17-5-9-19(23)10-6-17)20(15-24-11-13-26-14-12-24)16-3-7-18(22)8-4-16/h3-10,20,25H,2,11-15H2,1H3/t20-,21+/m0/s1. The summed E-state index contributed by atoms with van der Waals surface area (Å²) >= 11 is 6.06. The molecule has 0 saturated carbocycles. The molecular formula is C21H25ClFNO2. The molecule has 5 heteroatoms. The zero-order valence-corrected chi connectivity index (χ0v) is 15.8. The third-order valence-corrected chi connectivity index (χ3v) is 5.53. The number of hydrogen-bond donors (Lipinski definition) is 1. The summed E-state index contributed by atoms with van der Waals surface area (Å²) < 4.78 is 18.9. The van der Waals surface area contributed by atoms with Crippen LogP contribution in [-0.2, 0) is 10.3 Å². The Morgan fingerprint density at radius 1 is 1.12 bits per heavy atom. The first-order valence-electron chi connectivity index (χ1n) is 9.07.